The van der Waals surface area contributed by atoms with Crippen molar-refractivity contribution >= 4 is 0 Å². The van der Waals surface area contributed by atoms with E-state index in [2.05, 4.69) is 25.7 Å². The van der Waals surface area contributed by atoms with Gasteiger partial charge in [-0.1, -0.05) is 20.8 Å². The van der Waals surface area contributed by atoms with Gasteiger partial charge in [-0.2, -0.15) is 0 Å². The van der Waals surface area contributed by atoms with Gasteiger partial charge in [-0.05, 0) is 31.2 Å². The molecular formula is C13H27NO2. The minimum atomic E-state index is -0.213. The summed E-state index contributed by atoms with van der Waals surface area (Å²) < 4.78 is 5.39. The third-order valence-electron chi connectivity index (χ3n) is 3.51. The number of nitrogens with zero attached hydrogens (tertiary/aromatic N) is 1. The number of piperidine rings is 1. The van der Waals surface area contributed by atoms with Crippen LogP contribution in [0.2, 0.25) is 0 Å². The van der Waals surface area contributed by atoms with Crippen molar-refractivity contribution < 1.29 is 9.84 Å². The second kappa shape index (κ2) is 5.99. The van der Waals surface area contributed by atoms with Crippen LogP contribution in [-0.4, -0.2) is 49.0 Å². The molecular weight excluding hydrogens is 202 g/mol. The first kappa shape index (κ1) is 13.9. The maximum Gasteiger partial charge on any atom is 0.0698 e. The van der Waals surface area contributed by atoms with E-state index in [1.807, 2.05) is 0 Å². The number of aliphatic hydroxyl groups excluding tert-OH is 1. The summed E-state index contributed by atoms with van der Waals surface area (Å²) in [6, 6.07) is 0. The lowest BCUT2D eigenvalue weighted by molar-refractivity contribution is 0.0118. The molecule has 1 saturated heterocycles. The van der Waals surface area contributed by atoms with Gasteiger partial charge in [0, 0.05) is 20.2 Å². The highest BCUT2D eigenvalue weighted by molar-refractivity contribution is 4.77. The average Bonchev–Trinajstić information content (AvgIpc) is 2.25. The van der Waals surface area contributed by atoms with Gasteiger partial charge in [0.15, 0.2) is 0 Å². The summed E-state index contributed by atoms with van der Waals surface area (Å²) in [5, 5.41) is 9.98. The Balaban J connectivity index is 2.27. The summed E-state index contributed by atoms with van der Waals surface area (Å²) in [5.41, 5.74) is -0.00353. The molecule has 0 bridgehead atoms. The molecule has 1 N–H and O–H groups in total. The zero-order valence-corrected chi connectivity index (χ0v) is 11.2. The highest BCUT2D eigenvalue weighted by Gasteiger charge is 2.24. The fraction of sp³-hybridized carbons (Fsp3) is 1.00. The molecule has 96 valence electrons. The second-order valence-corrected chi connectivity index (χ2v) is 5.97. The molecule has 1 aliphatic rings. The molecule has 0 aromatic heterocycles. The largest absolute Gasteiger partial charge is 0.393 e. The number of hydrogen-bond acceptors (Lipinski definition) is 3. The van der Waals surface area contributed by atoms with E-state index in [4.69, 9.17) is 4.74 Å². The minimum Gasteiger partial charge on any atom is -0.393 e. The van der Waals surface area contributed by atoms with Crippen molar-refractivity contribution in [1.29, 1.82) is 0 Å². The fourth-order valence-corrected chi connectivity index (χ4v) is 2.15. The van der Waals surface area contributed by atoms with Gasteiger partial charge in [-0.25, -0.2) is 0 Å². The van der Waals surface area contributed by atoms with Crippen molar-refractivity contribution in [2.24, 2.45) is 5.41 Å². The molecule has 0 spiro atoms. The number of methoxy groups -OCH3 is 1. The van der Waals surface area contributed by atoms with E-state index in [1.165, 1.54) is 12.8 Å². The molecule has 1 aliphatic heterocycles. The Morgan fingerprint density at radius 3 is 2.69 bits per heavy atom. The quantitative estimate of drug-likeness (QED) is 0.799. The maximum atomic E-state index is 9.98. The summed E-state index contributed by atoms with van der Waals surface area (Å²) in [7, 11) is 1.79. The molecule has 1 rings (SSSR count). The third-order valence-corrected chi connectivity index (χ3v) is 3.51. The zero-order valence-electron chi connectivity index (χ0n) is 11.2. The van der Waals surface area contributed by atoms with Gasteiger partial charge in [0.05, 0.1) is 12.2 Å². The van der Waals surface area contributed by atoms with Crippen LogP contribution in [0.1, 0.15) is 40.0 Å². The smallest absolute Gasteiger partial charge is 0.0698 e. The average molecular weight is 229 g/mol. The number of aliphatic hydroxyl groups is 1. The molecule has 2 atom stereocenters. The van der Waals surface area contributed by atoms with Crippen LogP contribution in [0.4, 0.5) is 0 Å². The maximum absolute atomic E-state index is 9.98. The van der Waals surface area contributed by atoms with E-state index in [1.54, 1.807) is 7.11 Å². The molecule has 3 nitrogen and oxygen atoms in total. The first-order valence-corrected chi connectivity index (χ1v) is 6.36. The van der Waals surface area contributed by atoms with Crippen molar-refractivity contribution in [1.82, 2.24) is 4.90 Å². The van der Waals surface area contributed by atoms with Crippen LogP contribution < -0.4 is 0 Å². The van der Waals surface area contributed by atoms with Crippen LogP contribution in [0, 0.1) is 5.41 Å². The number of ether oxygens (including phenoxy) is 1. The molecule has 0 amide bonds. The molecule has 0 saturated carbocycles. The Morgan fingerprint density at radius 1 is 1.44 bits per heavy atom. The van der Waals surface area contributed by atoms with Crippen molar-refractivity contribution in [3.63, 3.8) is 0 Å². The first-order valence-electron chi connectivity index (χ1n) is 6.36. The molecule has 0 aromatic carbocycles. The normalized spacial score (nSPS) is 25.7. The van der Waals surface area contributed by atoms with Gasteiger partial charge in [0.2, 0.25) is 0 Å². The summed E-state index contributed by atoms with van der Waals surface area (Å²) in [4.78, 5) is 2.41. The van der Waals surface area contributed by atoms with Gasteiger partial charge in [0.25, 0.3) is 0 Å². The van der Waals surface area contributed by atoms with E-state index < -0.39 is 0 Å². The van der Waals surface area contributed by atoms with Gasteiger partial charge < -0.3 is 14.7 Å². The first-order chi connectivity index (χ1) is 7.43. The van der Waals surface area contributed by atoms with Crippen LogP contribution in [-0.2, 0) is 4.74 Å². The Morgan fingerprint density at radius 2 is 2.12 bits per heavy atom. The molecule has 0 radical (unpaired) electrons. The monoisotopic (exact) mass is 229 g/mol. The molecule has 0 aromatic rings. The van der Waals surface area contributed by atoms with E-state index in [0.717, 1.165) is 26.1 Å². The van der Waals surface area contributed by atoms with Crippen molar-refractivity contribution in [2.45, 2.75) is 52.2 Å². The Bertz CT molecular complexity index is 201. The predicted octanol–water partition coefficient (Wildman–Crippen LogP) is 1.89. The summed E-state index contributed by atoms with van der Waals surface area (Å²) in [6.07, 6.45) is 3.43. The van der Waals surface area contributed by atoms with Crippen LogP contribution in [0.5, 0.6) is 0 Å². The van der Waals surface area contributed by atoms with E-state index in [-0.39, 0.29) is 11.5 Å². The van der Waals surface area contributed by atoms with Gasteiger partial charge in [0.1, 0.15) is 0 Å². The summed E-state index contributed by atoms with van der Waals surface area (Å²) >= 11 is 0. The van der Waals surface area contributed by atoms with Gasteiger partial charge >= 0.3 is 0 Å². The van der Waals surface area contributed by atoms with Crippen molar-refractivity contribution in [3.05, 3.63) is 0 Å². The number of rotatable bonds is 4. The fourth-order valence-electron chi connectivity index (χ4n) is 2.15. The highest BCUT2D eigenvalue weighted by Crippen LogP contribution is 2.22. The van der Waals surface area contributed by atoms with Gasteiger partial charge in [-0.15, -0.1) is 0 Å². The topological polar surface area (TPSA) is 32.7 Å². The molecule has 1 heterocycles. The number of hydrogen-bond donors (Lipinski definition) is 1. The SMILES string of the molecule is COC1CCCN(CCC(O)C(C)(C)C)C1. The second-order valence-electron chi connectivity index (χ2n) is 5.97. The lowest BCUT2D eigenvalue weighted by Crippen LogP contribution is -2.41. The summed E-state index contributed by atoms with van der Waals surface area (Å²) in [6.45, 7) is 9.42. The molecule has 3 heteroatoms. The number of likely N-dealkylation sites (tertiary alicyclic amines) is 1. The summed E-state index contributed by atoms with van der Waals surface area (Å²) in [5.74, 6) is 0. The van der Waals surface area contributed by atoms with E-state index in [0.29, 0.717) is 6.10 Å². The van der Waals surface area contributed by atoms with Crippen LogP contribution in [0.3, 0.4) is 0 Å². The van der Waals surface area contributed by atoms with Crippen LogP contribution in [0.25, 0.3) is 0 Å². The standard InChI is InChI=1S/C13H27NO2/c1-13(2,3)12(15)7-9-14-8-5-6-11(10-14)16-4/h11-12,15H,5-10H2,1-4H3. The lowest BCUT2D eigenvalue weighted by Gasteiger charge is -2.34. The van der Waals surface area contributed by atoms with Gasteiger partial charge in [-0.3, -0.25) is 0 Å². The Labute approximate surface area is 99.8 Å². The lowest BCUT2D eigenvalue weighted by atomic mass is 9.87. The molecule has 1 fully saturated rings. The third kappa shape index (κ3) is 4.40. The predicted molar refractivity (Wildman–Crippen MR) is 66.5 cm³/mol. The van der Waals surface area contributed by atoms with Crippen molar-refractivity contribution in [2.75, 3.05) is 26.7 Å². The van der Waals surface area contributed by atoms with E-state index in [9.17, 15) is 5.11 Å². The van der Waals surface area contributed by atoms with E-state index >= 15 is 0 Å². The molecule has 2 unspecified atom stereocenters. The van der Waals surface area contributed by atoms with Crippen LogP contribution in [0.15, 0.2) is 0 Å². The van der Waals surface area contributed by atoms with Crippen LogP contribution >= 0.6 is 0 Å². The molecule has 0 aliphatic carbocycles. The molecule has 16 heavy (non-hydrogen) atoms. The minimum absolute atomic E-state index is 0.00353. The Hall–Kier alpha value is -0.120. The van der Waals surface area contributed by atoms with Crippen molar-refractivity contribution in [3.8, 4) is 0 Å². The zero-order chi connectivity index (χ0) is 12.2. The Kier molecular flexibility index (Phi) is 5.22. The highest BCUT2D eigenvalue weighted by atomic mass is 16.5.